The molecule has 100 valence electrons. The van der Waals surface area contributed by atoms with E-state index in [1.54, 1.807) is 0 Å². The number of aryl methyl sites for hydroxylation is 1. The molecule has 1 unspecified atom stereocenters. The van der Waals surface area contributed by atoms with Crippen LogP contribution in [0.15, 0.2) is 6.07 Å². The van der Waals surface area contributed by atoms with Gasteiger partial charge in [0.15, 0.2) is 0 Å². The molecule has 1 saturated heterocycles. The van der Waals surface area contributed by atoms with E-state index in [-0.39, 0.29) is 6.61 Å². The number of hydrogen-bond donors (Lipinski definition) is 2. The molecular formula is C13H22N4O. The first-order valence-corrected chi connectivity index (χ1v) is 6.66. The van der Waals surface area contributed by atoms with E-state index in [9.17, 15) is 0 Å². The molecule has 1 aromatic rings. The SMILES string of the molecule is Cc1cc(CN)nc(N2CCCC2CCCO)n1. The summed E-state index contributed by atoms with van der Waals surface area (Å²) in [7, 11) is 0. The van der Waals surface area contributed by atoms with Gasteiger partial charge in [-0.3, -0.25) is 0 Å². The highest BCUT2D eigenvalue weighted by atomic mass is 16.2. The Kier molecular flexibility index (Phi) is 4.49. The molecule has 1 fully saturated rings. The van der Waals surface area contributed by atoms with Crippen molar-refractivity contribution in [3.63, 3.8) is 0 Å². The van der Waals surface area contributed by atoms with Crippen molar-refractivity contribution in [1.29, 1.82) is 0 Å². The molecule has 5 heteroatoms. The summed E-state index contributed by atoms with van der Waals surface area (Å²) in [5.41, 5.74) is 7.52. The Bertz CT molecular complexity index is 397. The van der Waals surface area contributed by atoms with Gasteiger partial charge in [-0.25, -0.2) is 9.97 Å². The van der Waals surface area contributed by atoms with Crippen LogP contribution in [0.2, 0.25) is 0 Å². The zero-order valence-corrected chi connectivity index (χ0v) is 11.0. The lowest BCUT2D eigenvalue weighted by molar-refractivity contribution is 0.279. The molecule has 2 heterocycles. The molecule has 5 nitrogen and oxygen atoms in total. The number of nitrogens with two attached hydrogens (primary N) is 1. The van der Waals surface area contributed by atoms with Crippen molar-refractivity contribution in [2.75, 3.05) is 18.1 Å². The molecule has 0 radical (unpaired) electrons. The van der Waals surface area contributed by atoms with Gasteiger partial charge in [0.25, 0.3) is 0 Å². The Labute approximate surface area is 108 Å². The lowest BCUT2D eigenvalue weighted by atomic mass is 10.1. The number of nitrogens with zero attached hydrogens (tertiary/aromatic N) is 3. The Morgan fingerprint density at radius 3 is 3.06 bits per heavy atom. The van der Waals surface area contributed by atoms with Gasteiger partial charge in [0, 0.05) is 31.4 Å². The first kappa shape index (κ1) is 13.2. The smallest absolute Gasteiger partial charge is 0.226 e. The molecule has 0 bridgehead atoms. The fourth-order valence-corrected chi connectivity index (χ4v) is 2.58. The lowest BCUT2D eigenvalue weighted by Gasteiger charge is -2.25. The molecule has 0 aromatic carbocycles. The van der Waals surface area contributed by atoms with E-state index < -0.39 is 0 Å². The summed E-state index contributed by atoms with van der Waals surface area (Å²) < 4.78 is 0. The monoisotopic (exact) mass is 250 g/mol. The summed E-state index contributed by atoms with van der Waals surface area (Å²) in [6, 6.07) is 2.40. The van der Waals surface area contributed by atoms with Crippen molar-refractivity contribution >= 4 is 5.95 Å². The van der Waals surface area contributed by atoms with Crippen LogP contribution in [-0.2, 0) is 6.54 Å². The van der Waals surface area contributed by atoms with Crippen molar-refractivity contribution in [2.24, 2.45) is 5.73 Å². The fourth-order valence-electron chi connectivity index (χ4n) is 2.58. The van der Waals surface area contributed by atoms with Crippen LogP contribution >= 0.6 is 0 Å². The minimum absolute atomic E-state index is 0.257. The van der Waals surface area contributed by atoms with Crippen LogP contribution in [0, 0.1) is 6.92 Å². The topological polar surface area (TPSA) is 75.3 Å². The Hall–Kier alpha value is -1.20. The standard InChI is InChI=1S/C13H22N4O/c1-10-8-11(9-14)16-13(15-10)17-6-2-4-12(17)5-3-7-18/h8,12,18H,2-7,9,14H2,1H3. The summed E-state index contributed by atoms with van der Waals surface area (Å²) in [6.45, 7) is 3.69. The maximum absolute atomic E-state index is 8.94. The second-order valence-corrected chi connectivity index (χ2v) is 4.86. The van der Waals surface area contributed by atoms with E-state index in [4.69, 9.17) is 10.8 Å². The van der Waals surface area contributed by atoms with Crippen LogP contribution < -0.4 is 10.6 Å². The molecule has 0 aliphatic carbocycles. The minimum Gasteiger partial charge on any atom is -0.396 e. The van der Waals surface area contributed by atoms with E-state index in [1.807, 2.05) is 13.0 Å². The Balaban J connectivity index is 2.16. The molecule has 1 atom stereocenters. The lowest BCUT2D eigenvalue weighted by Crippen LogP contribution is -2.31. The van der Waals surface area contributed by atoms with Gasteiger partial charge < -0.3 is 15.7 Å². The van der Waals surface area contributed by atoms with E-state index >= 15 is 0 Å². The Morgan fingerprint density at radius 2 is 2.33 bits per heavy atom. The molecular weight excluding hydrogens is 228 g/mol. The Morgan fingerprint density at radius 1 is 1.50 bits per heavy atom. The molecule has 0 spiro atoms. The number of aliphatic hydroxyl groups is 1. The summed E-state index contributed by atoms with van der Waals surface area (Å²) >= 11 is 0. The first-order chi connectivity index (χ1) is 8.74. The third kappa shape index (κ3) is 2.97. The van der Waals surface area contributed by atoms with Gasteiger partial charge in [0.1, 0.15) is 0 Å². The van der Waals surface area contributed by atoms with Gasteiger partial charge in [-0.2, -0.15) is 0 Å². The average Bonchev–Trinajstić information content (AvgIpc) is 2.83. The molecule has 1 aliphatic rings. The van der Waals surface area contributed by atoms with Gasteiger partial charge in [-0.05, 0) is 38.7 Å². The predicted octanol–water partition coefficient (Wildman–Crippen LogP) is 0.985. The van der Waals surface area contributed by atoms with Gasteiger partial charge in [0.05, 0.1) is 5.69 Å². The number of hydrogen-bond acceptors (Lipinski definition) is 5. The molecule has 3 N–H and O–H groups in total. The van der Waals surface area contributed by atoms with Crippen LogP contribution in [-0.4, -0.2) is 34.3 Å². The van der Waals surface area contributed by atoms with Crippen molar-refractivity contribution in [3.8, 4) is 0 Å². The van der Waals surface area contributed by atoms with Gasteiger partial charge >= 0.3 is 0 Å². The minimum atomic E-state index is 0.257. The van der Waals surface area contributed by atoms with E-state index in [0.29, 0.717) is 12.6 Å². The van der Waals surface area contributed by atoms with E-state index in [0.717, 1.165) is 43.1 Å². The molecule has 1 aliphatic heterocycles. The van der Waals surface area contributed by atoms with Crippen molar-refractivity contribution in [3.05, 3.63) is 17.5 Å². The quantitative estimate of drug-likeness (QED) is 0.815. The molecule has 18 heavy (non-hydrogen) atoms. The zero-order chi connectivity index (χ0) is 13.0. The van der Waals surface area contributed by atoms with Gasteiger partial charge in [-0.15, -0.1) is 0 Å². The number of anilines is 1. The largest absolute Gasteiger partial charge is 0.396 e. The molecule has 2 rings (SSSR count). The third-order valence-electron chi connectivity index (χ3n) is 3.43. The van der Waals surface area contributed by atoms with Crippen molar-refractivity contribution in [2.45, 2.75) is 45.2 Å². The van der Waals surface area contributed by atoms with Crippen molar-refractivity contribution < 1.29 is 5.11 Å². The van der Waals surface area contributed by atoms with Gasteiger partial charge in [-0.1, -0.05) is 0 Å². The van der Waals surface area contributed by atoms with Crippen LogP contribution in [0.3, 0.4) is 0 Å². The highest BCUT2D eigenvalue weighted by Gasteiger charge is 2.26. The summed E-state index contributed by atoms with van der Waals surface area (Å²) in [4.78, 5) is 11.3. The average molecular weight is 250 g/mol. The van der Waals surface area contributed by atoms with Crippen LogP contribution in [0.5, 0.6) is 0 Å². The second-order valence-electron chi connectivity index (χ2n) is 4.86. The number of rotatable bonds is 5. The molecule has 0 amide bonds. The summed E-state index contributed by atoms with van der Waals surface area (Å²) in [6.07, 6.45) is 4.18. The van der Waals surface area contributed by atoms with Crippen LogP contribution in [0.4, 0.5) is 5.95 Å². The maximum Gasteiger partial charge on any atom is 0.226 e. The molecule has 0 saturated carbocycles. The van der Waals surface area contributed by atoms with Crippen molar-refractivity contribution in [1.82, 2.24) is 9.97 Å². The second kappa shape index (κ2) is 6.11. The third-order valence-corrected chi connectivity index (χ3v) is 3.43. The number of aromatic nitrogens is 2. The summed E-state index contributed by atoms with van der Waals surface area (Å²) in [5, 5.41) is 8.94. The normalized spacial score (nSPS) is 19.5. The van der Waals surface area contributed by atoms with E-state index in [1.165, 1.54) is 6.42 Å². The number of aliphatic hydroxyl groups excluding tert-OH is 1. The van der Waals surface area contributed by atoms with Gasteiger partial charge in [0.2, 0.25) is 5.95 Å². The summed E-state index contributed by atoms with van der Waals surface area (Å²) in [5.74, 6) is 0.802. The first-order valence-electron chi connectivity index (χ1n) is 6.66. The zero-order valence-electron chi connectivity index (χ0n) is 11.0. The van der Waals surface area contributed by atoms with Crippen LogP contribution in [0.25, 0.3) is 0 Å². The fraction of sp³-hybridized carbons (Fsp3) is 0.692. The van der Waals surface area contributed by atoms with Crippen LogP contribution in [0.1, 0.15) is 37.1 Å². The highest BCUT2D eigenvalue weighted by molar-refractivity contribution is 5.35. The van der Waals surface area contributed by atoms with E-state index in [2.05, 4.69) is 14.9 Å². The molecule has 1 aromatic heterocycles. The maximum atomic E-state index is 8.94. The highest BCUT2D eigenvalue weighted by Crippen LogP contribution is 2.25. The predicted molar refractivity (Wildman–Crippen MR) is 71.3 cm³/mol.